The molecule has 0 saturated heterocycles. The van der Waals surface area contributed by atoms with Crippen LogP contribution >= 0.6 is 22.6 Å². The number of para-hydroxylation sites is 1. The molecule has 1 rings (SSSR count). The first kappa shape index (κ1) is 13.0. The highest BCUT2D eigenvalue weighted by Gasteiger charge is 2.10. The summed E-state index contributed by atoms with van der Waals surface area (Å²) < 4.78 is 1.05. The van der Waals surface area contributed by atoms with Crippen LogP contribution in [0.4, 0.5) is 5.69 Å². The minimum absolute atomic E-state index is 0.155. The summed E-state index contributed by atoms with van der Waals surface area (Å²) in [4.78, 5) is 13.3. The quantitative estimate of drug-likeness (QED) is 0.604. The van der Waals surface area contributed by atoms with Crippen LogP contribution in [0.2, 0.25) is 0 Å². The van der Waals surface area contributed by atoms with Gasteiger partial charge in [0, 0.05) is 17.0 Å². The van der Waals surface area contributed by atoms with Gasteiger partial charge in [0.1, 0.15) is 0 Å². The fraction of sp³-hybridized carbons (Fsp3) is 0.308. The van der Waals surface area contributed by atoms with Gasteiger partial charge in [-0.2, -0.15) is 0 Å². The summed E-state index contributed by atoms with van der Waals surface area (Å²) in [5.41, 5.74) is 0.902. The Morgan fingerprint density at radius 2 is 2.12 bits per heavy atom. The van der Waals surface area contributed by atoms with E-state index in [9.17, 15) is 4.79 Å². The third kappa shape index (κ3) is 3.53. The summed E-state index contributed by atoms with van der Waals surface area (Å²) in [6.07, 6.45) is 1.75. The Balaban J connectivity index is 2.80. The zero-order valence-electron chi connectivity index (χ0n) is 9.46. The number of anilines is 1. The summed E-state index contributed by atoms with van der Waals surface area (Å²) in [5, 5.41) is 0. The van der Waals surface area contributed by atoms with Gasteiger partial charge in [-0.1, -0.05) is 25.0 Å². The molecule has 84 valence electrons. The van der Waals surface area contributed by atoms with Crippen LogP contribution in [0.3, 0.4) is 0 Å². The summed E-state index contributed by atoms with van der Waals surface area (Å²) in [6, 6.07) is 7.76. The predicted octanol–water partition coefficient (Wildman–Crippen LogP) is 3.06. The fourth-order valence-corrected chi connectivity index (χ4v) is 1.93. The highest BCUT2D eigenvalue weighted by atomic mass is 127. The zero-order valence-corrected chi connectivity index (χ0v) is 11.6. The minimum Gasteiger partial charge on any atom is -0.304 e. The highest BCUT2D eigenvalue weighted by Crippen LogP contribution is 2.20. The molecule has 0 atom stereocenters. The second-order valence-corrected chi connectivity index (χ2v) is 4.53. The van der Waals surface area contributed by atoms with Gasteiger partial charge in [0.2, 0.25) is 0 Å². The Morgan fingerprint density at radius 3 is 2.75 bits per heavy atom. The van der Waals surface area contributed by atoms with Crippen LogP contribution in [0, 0.1) is 15.4 Å². The van der Waals surface area contributed by atoms with E-state index in [0.29, 0.717) is 0 Å². The molecule has 2 nitrogen and oxygen atoms in total. The van der Waals surface area contributed by atoms with Crippen LogP contribution in [0.1, 0.15) is 19.8 Å². The first-order valence-corrected chi connectivity index (χ1v) is 6.25. The standard InChI is InChI=1S/C13H14INO/c1-3-4-5-10-13(16)15(2)12-9-7-6-8-11(12)14/h6-9H,3-4H2,1-2H3. The number of halogens is 1. The van der Waals surface area contributed by atoms with E-state index in [1.807, 2.05) is 31.2 Å². The summed E-state index contributed by atoms with van der Waals surface area (Å²) in [5.74, 6) is 5.35. The monoisotopic (exact) mass is 327 g/mol. The Hall–Kier alpha value is -1.02. The van der Waals surface area contributed by atoms with Gasteiger partial charge in [-0.15, -0.1) is 0 Å². The van der Waals surface area contributed by atoms with E-state index in [4.69, 9.17) is 0 Å². The maximum atomic E-state index is 11.7. The minimum atomic E-state index is -0.155. The van der Waals surface area contributed by atoms with Crippen molar-refractivity contribution >= 4 is 34.2 Å². The largest absolute Gasteiger partial charge is 0.304 e. The Kier molecular flexibility index (Phi) is 5.33. The van der Waals surface area contributed by atoms with Crippen molar-refractivity contribution in [3.05, 3.63) is 27.8 Å². The Labute approximate surface area is 110 Å². The molecule has 0 fully saturated rings. The van der Waals surface area contributed by atoms with Crippen LogP contribution in [0.25, 0.3) is 0 Å². The molecule has 0 aromatic heterocycles. The predicted molar refractivity (Wildman–Crippen MR) is 75.3 cm³/mol. The van der Waals surface area contributed by atoms with Gasteiger partial charge in [-0.05, 0) is 47.1 Å². The number of nitrogens with zero attached hydrogens (tertiary/aromatic N) is 1. The first-order valence-electron chi connectivity index (χ1n) is 5.18. The Morgan fingerprint density at radius 1 is 1.44 bits per heavy atom. The van der Waals surface area contributed by atoms with Crippen molar-refractivity contribution in [1.82, 2.24) is 0 Å². The number of hydrogen-bond acceptors (Lipinski definition) is 1. The van der Waals surface area contributed by atoms with E-state index in [-0.39, 0.29) is 5.91 Å². The number of carbonyl (C=O) groups excluding carboxylic acids is 1. The van der Waals surface area contributed by atoms with Crippen LogP contribution in [0.5, 0.6) is 0 Å². The van der Waals surface area contributed by atoms with Gasteiger partial charge in [-0.3, -0.25) is 4.79 Å². The molecule has 1 amide bonds. The van der Waals surface area contributed by atoms with Crippen molar-refractivity contribution in [2.75, 3.05) is 11.9 Å². The number of hydrogen-bond donors (Lipinski definition) is 0. The van der Waals surface area contributed by atoms with Crippen LogP contribution in [-0.2, 0) is 4.79 Å². The molecule has 0 spiro atoms. The topological polar surface area (TPSA) is 20.3 Å². The smallest absolute Gasteiger partial charge is 0.302 e. The number of benzene rings is 1. The van der Waals surface area contributed by atoms with Crippen molar-refractivity contribution in [3.63, 3.8) is 0 Å². The van der Waals surface area contributed by atoms with Gasteiger partial charge in [-0.25, -0.2) is 0 Å². The number of unbranched alkanes of at least 4 members (excludes halogenated alkanes) is 1. The third-order valence-corrected chi connectivity index (χ3v) is 3.00. The van der Waals surface area contributed by atoms with Gasteiger partial charge >= 0.3 is 5.91 Å². The van der Waals surface area contributed by atoms with E-state index in [0.717, 1.165) is 22.1 Å². The molecule has 1 aromatic carbocycles. The molecule has 3 heteroatoms. The number of amides is 1. The lowest BCUT2D eigenvalue weighted by Crippen LogP contribution is -2.25. The molecule has 0 saturated carbocycles. The van der Waals surface area contributed by atoms with E-state index < -0.39 is 0 Å². The van der Waals surface area contributed by atoms with Gasteiger partial charge in [0.15, 0.2) is 0 Å². The molecule has 1 aromatic rings. The third-order valence-electron chi connectivity index (χ3n) is 2.09. The molecule has 0 bridgehead atoms. The van der Waals surface area contributed by atoms with Gasteiger partial charge in [0.25, 0.3) is 0 Å². The maximum absolute atomic E-state index is 11.7. The van der Waals surface area contributed by atoms with Crippen molar-refractivity contribution in [1.29, 1.82) is 0 Å². The lowest BCUT2D eigenvalue weighted by Gasteiger charge is -2.15. The van der Waals surface area contributed by atoms with Gasteiger partial charge in [0.05, 0.1) is 5.69 Å². The molecule has 0 heterocycles. The van der Waals surface area contributed by atoms with Crippen molar-refractivity contribution in [2.45, 2.75) is 19.8 Å². The van der Waals surface area contributed by atoms with Crippen LogP contribution in [0.15, 0.2) is 24.3 Å². The van der Waals surface area contributed by atoms with Crippen molar-refractivity contribution < 1.29 is 4.79 Å². The molecular weight excluding hydrogens is 313 g/mol. The van der Waals surface area contributed by atoms with E-state index in [1.54, 1.807) is 11.9 Å². The average Bonchev–Trinajstić information content (AvgIpc) is 2.29. The molecule has 0 N–H and O–H groups in total. The summed E-state index contributed by atoms with van der Waals surface area (Å²) >= 11 is 2.21. The number of rotatable bonds is 2. The molecule has 16 heavy (non-hydrogen) atoms. The van der Waals surface area contributed by atoms with Gasteiger partial charge < -0.3 is 4.90 Å². The molecular formula is C13H14INO. The van der Waals surface area contributed by atoms with Crippen LogP contribution < -0.4 is 4.90 Å². The normalized spacial score (nSPS) is 9.19. The lowest BCUT2D eigenvalue weighted by molar-refractivity contribution is -0.113. The molecule has 0 unspecified atom stereocenters. The summed E-state index contributed by atoms with van der Waals surface area (Å²) in [6.45, 7) is 2.04. The first-order chi connectivity index (χ1) is 7.66. The second-order valence-electron chi connectivity index (χ2n) is 3.37. The van der Waals surface area contributed by atoms with Crippen molar-refractivity contribution in [2.24, 2.45) is 0 Å². The summed E-state index contributed by atoms with van der Waals surface area (Å²) in [7, 11) is 1.75. The second kappa shape index (κ2) is 6.54. The molecule has 0 radical (unpaired) electrons. The lowest BCUT2D eigenvalue weighted by atomic mass is 10.3. The van der Waals surface area contributed by atoms with E-state index >= 15 is 0 Å². The fourth-order valence-electron chi connectivity index (χ4n) is 1.18. The van der Waals surface area contributed by atoms with E-state index in [2.05, 4.69) is 34.4 Å². The zero-order chi connectivity index (χ0) is 12.0. The number of carbonyl (C=O) groups is 1. The SMILES string of the molecule is CCCC#CC(=O)N(C)c1ccccc1I. The average molecular weight is 327 g/mol. The molecule has 0 aliphatic heterocycles. The maximum Gasteiger partial charge on any atom is 0.302 e. The van der Waals surface area contributed by atoms with Crippen LogP contribution in [-0.4, -0.2) is 13.0 Å². The highest BCUT2D eigenvalue weighted by molar-refractivity contribution is 14.1. The molecule has 0 aliphatic rings. The Bertz CT molecular complexity index is 431. The molecule has 0 aliphatic carbocycles. The van der Waals surface area contributed by atoms with E-state index in [1.165, 1.54) is 0 Å². The van der Waals surface area contributed by atoms with Crippen molar-refractivity contribution in [3.8, 4) is 11.8 Å².